The largest absolute Gasteiger partial charge is 0.497 e. The first-order chi connectivity index (χ1) is 12.3. The Bertz CT molecular complexity index is 847. The minimum absolute atomic E-state index is 0.357. The minimum atomic E-state index is -1.61. The topological polar surface area (TPSA) is 67.9 Å². The molecule has 1 aliphatic heterocycles. The number of carbonyl (C=O) groups is 2. The molecular formula is C20H22N2O4. The molecule has 6 heteroatoms. The SMILES string of the molecule is COc1ccc(CN(C)C(=O)C2(C)Oc3ccc(C)cc3NC2=O)cc1. The quantitative estimate of drug-likeness (QED) is 0.858. The van der Waals surface area contributed by atoms with E-state index in [9.17, 15) is 9.59 Å². The van der Waals surface area contributed by atoms with Gasteiger partial charge in [-0.2, -0.15) is 0 Å². The zero-order chi connectivity index (χ0) is 18.9. The van der Waals surface area contributed by atoms with Crippen LogP contribution in [0.3, 0.4) is 0 Å². The number of hydrogen-bond donors (Lipinski definition) is 1. The van der Waals surface area contributed by atoms with Crippen LogP contribution in [-0.4, -0.2) is 36.5 Å². The van der Waals surface area contributed by atoms with Crippen molar-refractivity contribution >= 4 is 17.5 Å². The number of aryl methyl sites for hydroxylation is 1. The zero-order valence-electron chi connectivity index (χ0n) is 15.3. The molecule has 0 fully saturated rings. The summed E-state index contributed by atoms with van der Waals surface area (Å²) in [6.07, 6.45) is 0. The van der Waals surface area contributed by atoms with E-state index in [2.05, 4.69) is 5.32 Å². The zero-order valence-corrected chi connectivity index (χ0v) is 15.3. The van der Waals surface area contributed by atoms with Crippen LogP contribution < -0.4 is 14.8 Å². The molecule has 0 radical (unpaired) electrons. The molecule has 26 heavy (non-hydrogen) atoms. The first kappa shape index (κ1) is 17.8. The fourth-order valence-corrected chi connectivity index (χ4v) is 2.92. The number of methoxy groups -OCH3 is 1. The van der Waals surface area contributed by atoms with Crippen LogP contribution in [0.15, 0.2) is 42.5 Å². The molecule has 6 nitrogen and oxygen atoms in total. The van der Waals surface area contributed by atoms with Crippen molar-refractivity contribution in [1.29, 1.82) is 0 Å². The van der Waals surface area contributed by atoms with Gasteiger partial charge in [-0.1, -0.05) is 18.2 Å². The Hall–Kier alpha value is -3.02. The van der Waals surface area contributed by atoms with Crippen molar-refractivity contribution in [1.82, 2.24) is 4.90 Å². The summed E-state index contributed by atoms with van der Waals surface area (Å²) in [5, 5.41) is 2.78. The number of rotatable bonds is 4. The van der Waals surface area contributed by atoms with Gasteiger partial charge in [0.1, 0.15) is 11.5 Å². The average molecular weight is 354 g/mol. The number of benzene rings is 2. The highest BCUT2D eigenvalue weighted by molar-refractivity contribution is 6.15. The van der Waals surface area contributed by atoms with E-state index in [1.54, 1.807) is 20.2 Å². The lowest BCUT2D eigenvalue weighted by molar-refractivity contribution is -0.154. The predicted molar refractivity (Wildman–Crippen MR) is 98.3 cm³/mol. The predicted octanol–water partition coefficient (Wildman–Crippen LogP) is 2.75. The maximum atomic E-state index is 12.9. The van der Waals surface area contributed by atoms with Crippen LogP contribution in [0.5, 0.6) is 11.5 Å². The molecule has 0 aliphatic carbocycles. The number of amides is 2. The van der Waals surface area contributed by atoms with Crippen molar-refractivity contribution in [3.8, 4) is 11.5 Å². The third kappa shape index (κ3) is 3.22. The monoisotopic (exact) mass is 354 g/mol. The smallest absolute Gasteiger partial charge is 0.278 e. The summed E-state index contributed by atoms with van der Waals surface area (Å²) in [4.78, 5) is 27.0. The summed E-state index contributed by atoms with van der Waals surface area (Å²) < 4.78 is 11.0. The number of ether oxygens (including phenoxy) is 2. The van der Waals surface area contributed by atoms with E-state index in [0.717, 1.165) is 16.9 Å². The molecule has 136 valence electrons. The van der Waals surface area contributed by atoms with E-state index < -0.39 is 17.4 Å². The first-order valence-corrected chi connectivity index (χ1v) is 8.33. The van der Waals surface area contributed by atoms with Gasteiger partial charge in [-0.05, 0) is 49.2 Å². The lowest BCUT2D eigenvalue weighted by Crippen LogP contribution is -2.58. The van der Waals surface area contributed by atoms with Crippen molar-refractivity contribution in [2.24, 2.45) is 0 Å². The number of hydrogen-bond acceptors (Lipinski definition) is 4. The summed E-state index contributed by atoms with van der Waals surface area (Å²) in [5.41, 5.74) is 0.901. The number of nitrogens with one attached hydrogen (secondary N) is 1. The average Bonchev–Trinajstić information content (AvgIpc) is 2.63. The second kappa shape index (κ2) is 6.71. The molecule has 0 aromatic heterocycles. The summed E-state index contributed by atoms with van der Waals surface area (Å²) >= 11 is 0. The van der Waals surface area contributed by atoms with Gasteiger partial charge in [-0.3, -0.25) is 9.59 Å². The van der Waals surface area contributed by atoms with Crippen LogP contribution in [0.4, 0.5) is 5.69 Å². The van der Waals surface area contributed by atoms with Crippen LogP contribution in [0.2, 0.25) is 0 Å². The second-order valence-corrected chi connectivity index (χ2v) is 6.60. The number of anilines is 1. The van der Waals surface area contributed by atoms with E-state index in [-0.39, 0.29) is 0 Å². The summed E-state index contributed by atoms with van der Waals surface area (Å²) in [6, 6.07) is 12.9. The van der Waals surface area contributed by atoms with E-state index in [1.165, 1.54) is 11.8 Å². The number of fused-ring (bicyclic) bond motifs is 1. The molecule has 0 bridgehead atoms. The van der Waals surface area contributed by atoms with Crippen molar-refractivity contribution in [3.05, 3.63) is 53.6 Å². The molecule has 1 N–H and O–H groups in total. The van der Waals surface area contributed by atoms with E-state index in [1.807, 2.05) is 43.3 Å². The highest BCUT2D eigenvalue weighted by Crippen LogP contribution is 2.35. The third-order valence-electron chi connectivity index (χ3n) is 4.46. The normalized spacial score (nSPS) is 18.4. The van der Waals surface area contributed by atoms with Crippen molar-refractivity contribution in [2.75, 3.05) is 19.5 Å². The van der Waals surface area contributed by atoms with Gasteiger partial charge in [0.05, 0.1) is 12.8 Å². The lowest BCUT2D eigenvalue weighted by atomic mass is 10.00. The van der Waals surface area contributed by atoms with Crippen molar-refractivity contribution in [3.63, 3.8) is 0 Å². The Labute approximate surface area is 152 Å². The molecule has 2 aromatic carbocycles. The maximum Gasteiger partial charge on any atom is 0.278 e. The van der Waals surface area contributed by atoms with E-state index in [4.69, 9.17) is 9.47 Å². The van der Waals surface area contributed by atoms with Gasteiger partial charge in [0.2, 0.25) is 0 Å². The molecule has 0 saturated heterocycles. The fourth-order valence-electron chi connectivity index (χ4n) is 2.92. The van der Waals surface area contributed by atoms with E-state index >= 15 is 0 Å². The Kier molecular flexibility index (Phi) is 4.59. The molecule has 0 saturated carbocycles. The van der Waals surface area contributed by atoms with Gasteiger partial charge in [0.15, 0.2) is 0 Å². The Balaban J connectivity index is 1.78. The number of carbonyl (C=O) groups excluding carboxylic acids is 2. The third-order valence-corrected chi connectivity index (χ3v) is 4.46. The summed E-state index contributed by atoms with van der Waals surface area (Å²) in [7, 11) is 3.25. The Morgan fingerprint density at radius 1 is 1.23 bits per heavy atom. The molecule has 2 amide bonds. The van der Waals surface area contributed by atoms with Crippen molar-refractivity contribution in [2.45, 2.75) is 26.0 Å². The highest BCUT2D eigenvalue weighted by atomic mass is 16.5. The molecule has 0 spiro atoms. The number of likely N-dealkylation sites (N-methyl/N-ethyl adjacent to an activating group) is 1. The Morgan fingerprint density at radius 3 is 2.58 bits per heavy atom. The molecule has 1 aliphatic rings. The van der Waals surface area contributed by atoms with Gasteiger partial charge in [-0.25, -0.2) is 0 Å². The van der Waals surface area contributed by atoms with Crippen LogP contribution in [0, 0.1) is 6.92 Å². The number of nitrogens with zero attached hydrogens (tertiary/aromatic N) is 1. The molecule has 3 rings (SSSR count). The fraction of sp³-hybridized carbons (Fsp3) is 0.300. The minimum Gasteiger partial charge on any atom is -0.497 e. The molecular weight excluding hydrogens is 332 g/mol. The standard InChI is InChI=1S/C20H22N2O4/c1-13-5-10-17-16(11-13)21-18(23)20(2,26-17)19(24)22(3)12-14-6-8-15(25-4)9-7-14/h5-11H,12H2,1-4H3,(H,21,23). The van der Waals surface area contributed by atoms with Gasteiger partial charge < -0.3 is 19.7 Å². The maximum absolute atomic E-state index is 12.9. The molecule has 1 unspecified atom stereocenters. The van der Waals surface area contributed by atoms with Gasteiger partial charge in [-0.15, -0.1) is 0 Å². The molecule has 2 aromatic rings. The highest BCUT2D eigenvalue weighted by Gasteiger charge is 2.48. The van der Waals surface area contributed by atoms with Gasteiger partial charge in [0.25, 0.3) is 17.4 Å². The second-order valence-electron chi connectivity index (χ2n) is 6.60. The van der Waals surface area contributed by atoms with Crippen LogP contribution >= 0.6 is 0 Å². The molecule has 1 atom stereocenters. The van der Waals surface area contributed by atoms with E-state index in [0.29, 0.717) is 18.0 Å². The van der Waals surface area contributed by atoms with Gasteiger partial charge in [0, 0.05) is 13.6 Å². The Morgan fingerprint density at radius 2 is 1.92 bits per heavy atom. The van der Waals surface area contributed by atoms with Gasteiger partial charge >= 0.3 is 0 Å². The van der Waals surface area contributed by atoms with Crippen molar-refractivity contribution < 1.29 is 19.1 Å². The van der Waals surface area contributed by atoms with Crippen LogP contribution in [-0.2, 0) is 16.1 Å². The van der Waals surface area contributed by atoms with Crippen LogP contribution in [0.25, 0.3) is 0 Å². The lowest BCUT2D eigenvalue weighted by Gasteiger charge is -2.36. The molecule has 1 heterocycles. The van der Waals surface area contributed by atoms with Crippen LogP contribution in [0.1, 0.15) is 18.1 Å². The first-order valence-electron chi connectivity index (χ1n) is 8.33. The summed E-state index contributed by atoms with van der Waals surface area (Å²) in [6.45, 7) is 3.78. The summed E-state index contributed by atoms with van der Waals surface area (Å²) in [5.74, 6) is 0.361.